The number of nitrogens with one attached hydrogen (secondary N) is 1. The molecule has 6 nitrogen and oxygen atoms in total. The van der Waals surface area contributed by atoms with E-state index in [0.29, 0.717) is 24.9 Å². The van der Waals surface area contributed by atoms with Crippen LogP contribution in [0.15, 0.2) is 6.20 Å². The topological polar surface area (TPSA) is 67.2 Å². The molecular formula is C17H26N4O2. The molecule has 6 heteroatoms. The maximum Gasteiger partial charge on any atom is 0.245 e. The summed E-state index contributed by atoms with van der Waals surface area (Å²) in [6.45, 7) is 4.93. The molecule has 3 rings (SSSR count). The Morgan fingerprint density at radius 2 is 2.17 bits per heavy atom. The number of aromatic nitrogens is 2. The lowest BCUT2D eigenvalue weighted by molar-refractivity contribution is -0.134. The van der Waals surface area contributed by atoms with Crippen LogP contribution in [0.5, 0.6) is 0 Å². The summed E-state index contributed by atoms with van der Waals surface area (Å²) in [4.78, 5) is 26.1. The highest BCUT2D eigenvalue weighted by molar-refractivity contribution is 5.94. The van der Waals surface area contributed by atoms with E-state index in [1.807, 2.05) is 11.6 Å². The molecule has 0 spiro atoms. The van der Waals surface area contributed by atoms with Crippen LogP contribution in [0.3, 0.4) is 0 Å². The number of aryl methyl sites for hydroxylation is 1. The van der Waals surface area contributed by atoms with Gasteiger partial charge in [-0.05, 0) is 45.4 Å². The van der Waals surface area contributed by atoms with Gasteiger partial charge in [0.25, 0.3) is 0 Å². The Kier molecular flexibility index (Phi) is 4.68. The monoisotopic (exact) mass is 318 g/mol. The molecule has 0 aromatic carbocycles. The van der Waals surface area contributed by atoms with E-state index in [-0.39, 0.29) is 18.4 Å². The van der Waals surface area contributed by atoms with E-state index in [1.165, 1.54) is 12.8 Å². The van der Waals surface area contributed by atoms with Crippen molar-refractivity contribution in [1.82, 2.24) is 14.7 Å². The van der Waals surface area contributed by atoms with Crippen LogP contribution < -0.4 is 5.32 Å². The Morgan fingerprint density at radius 3 is 2.91 bits per heavy atom. The van der Waals surface area contributed by atoms with Crippen LogP contribution in [0.25, 0.3) is 0 Å². The molecule has 0 bridgehead atoms. The van der Waals surface area contributed by atoms with E-state index < -0.39 is 0 Å². The summed E-state index contributed by atoms with van der Waals surface area (Å²) >= 11 is 0. The van der Waals surface area contributed by atoms with Crippen LogP contribution in [0.2, 0.25) is 0 Å². The van der Waals surface area contributed by atoms with E-state index in [1.54, 1.807) is 11.1 Å². The summed E-state index contributed by atoms with van der Waals surface area (Å²) in [5, 5.41) is 7.41. The molecule has 1 N–H and O–H groups in total. The normalized spacial score (nSPS) is 20.3. The minimum Gasteiger partial charge on any atom is -0.333 e. The molecule has 1 aliphatic heterocycles. The van der Waals surface area contributed by atoms with Gasteiger partial charge in [0.15, 0.2) is 0 Å². The van der Waals surface area contributed by atoms with E-state index in [9.17, 15) is 9.59 Å². The zero-order chi connectivity index (χ0) is 16.4. The standard InChI is InChI=1S/C17H26N4O2/c1-12-10-18-21(13(2)14-7-8-14)17(12)19-15(22)11-20-9-5-3-4-6-16(20)23/h10,13-14H,3-9,11H2,1-2H3,(H,19,22)/t13-/m1/s1. The number of hydrogen-bond donors (Lipinski definition) is 1. The van der Waals surface area contributed by atoms with Crippen LogP contribution >= 0.6 is 0 Å². The van der Waals surface area contributed by atoms with Crippen LogP contribution in [0, 0.1) is 12.8 Å². The fourth-order valence-corrected chi connectivity index (χ4v) is 3.24. The zero-order valence-corrected chi connectivity index (χ0v) is 14.0. The molecule has 1 saturated heterocycles. The zero-order valence-electron chi connectivity index (χ0n) is 14.0. The van der Waals surface area contributed by atoms with Crippen LogP contribution in [-0.4, -0.2) is 39.6 Å². The summed E-state index contributed by atoms with van der Waals surface area (Å²) in [7, 11) is 0. The second kappa shape index (κ2) is 6.72. The molecule has 1 aromatic heterocycles. The second-order valence-corrected chi connectivity index (χ2v) is 6.87. The molecule has 126 valence electrons. The summed E-state index contributed by atoms with van der Waals surface area (Å²) in [6.07, 6.45) is 7.80. The molecule has 1 saturated carbocycles. The molecule has 2 aliphatic rings. The van der Waals surface area contributed by atoms with Gasteiger partial charge in [0.2, 0.25) is 11.8 Å². The number of hydrogen-bond acceptors (Lipinski definition) is 3. The van der Waals surface area contributed by atoms with Gasteiger partial charge >= 0.3 is 0 Å². The Morgan fingerprint density at radius 1 is 1.39 bits per heavy atom. The average molecular weight is 318 g/mol. The molecular weight excluding hydrogens is 292 g/mol. The van der Waals surface area contributed by atoms with Crippen LogP contribution in [0.1, 0.15) is 57.1 Å². The number of anilines is 1. The van der Waals surface area contributed by atoms with Crippen LogP contribution in [0.4, 0.5) is 5.82 Å². The maximum atomic E-state index is 12.4. The van der Waals surface area contributed by atoms with Crippen molar-refractivity contribution in [3.8, 4) is 0 Å². The van der Waals surface area contributed by atoms with Gasteiger partial charge in [-0.1, -0.05) is 6.42 Å². The van der Waals surface area contributed by atoms with Crippen molar-refractivity contribution in [1.29, 1.82) is 0 Å². The van der Waals surface area contributed by atoms with Gasteiger partial charge in [-0.3, -0.25) is 9.59 Å². The summed E-state index contributed by atoms with van der Waals surface area (Å²) in [5.41, 5.74) is 0.966. The molecule has 23 heavy (non-hydrogen) atoms. The summed E-state index contributed by atoms with van der Waals surface area (Å²) in [5.74, 6) is 1.40. The van der Waals surface area contributed by atoms with Crippen molar-refractivity contribution in [3.05, 3.63) is 11.8 Å². The Balaban J connectivity index is 1.65. The molecule has 0 radical (unpaired) electrons. The highest BCUT2D eigenvalue weighted by Crippen LogP contribution is 2.40. The number of rotatable bonds is 5. The number of carbonyl (C=O) groups is 2. The number of amides is 2. The van der Waals surface area contributed by atoms with Crippen molar-refractivity contribution in [2.75, 3.05) is 18.4 Å². The predicted octanol–water partition coefficient (Wildman–Crippen LogP) is 2.50. The van der Waals surface area contributed by atoms with Gasteiger partial charge in [-0.2, -0.15) is 5.10 Å². The quantitative estimate of drug-likeness (QED) is 0.907. The van der Waals surface area contributed by atoms with Gasteiger partial charge < -0.3 is 10.2 Å². The maximum absolute atomic E-state index is 12.4. The van der Waals surface area contributed by atoms with Crippen LogP contribution in [-0.2, 0) is 9.59 Å². The fourth-order valence-electron chi connectivity index (χ4n) is 3.24. The van der Waals surface area contributed by atoms with Crippen molar-refractivity contribution in [3.63, 3.8) is 0 Å². The third-order valence-corrected chi connectivity index (χ3v) is 4.93. The summed E-state index contributed by atoms with van der Waals surface area (Å²) < 4.78 is 1.93. The molecule has 2 heterocycles. The largest absolute Gasteiger partial charge is 0.333 e. The van der Waals surface area contributed by atoms with E-state index in [4.69, 9.17) is 0 Å². The third kappa shape index (κ3) is 3.74. The molecule has 1 aliphatic carbocycles. The lowest BCUT2D eigenvalue weighted by Crippen LogP contribution is -2.38. The van der Waals surface area contributed by atoms with Crippen molar-refractivity contribution in [2.24, 2.45) is 5.92 Å². The minimum absolute atomic E-state index is 0.0919. The number of carbonyl (C=O) groups excluding carboxylic acids is 2. The van der Waals surface area contributed by atoms with Crippen molar-refractivity contribution in [2.45, 2.75) is 58.4 Å². The first kappa shape index (κ1) is 16.0. The summed E-state index contributed by atoms with van der Waals surface area (Å²) in [6, 6.07) is 0.304. The van der Waals surface area contributed by atoms with Gasteiger partial charge in [0.05, 0.1) is 18.8 Å². The van der Waals surface area contributed by atoms with Gasteiger partial charge in [0, 0.05) is 18.5 Å². The third-order valence-electron chi connectivity index (χ3n) is 4.93. The lowest BCUT2D eigenvalue weighted by Gasteiger charge is -2.21. The SMILES string of the molecule is Cc1cnn([C@H](C)C2CC2)c1NC(=O)CN1CCCCCC1=O. The van der Waals surface area contributed by atoms with Gasteiger partial charge in [0.1, 0.15) is 5.82 Å². The first-order chi connectivity index (χ1) is 11.1. The smallest absolute Gasteiger partial charge is 0.245 e. The first-order valence-electron chi connectivity index (χ1n) is 8.68. The van der Waals surface area contributed by atoms with Crippen molar-refractivity contribution < 1.29 is 9.59 Å². The highest BCUT2D eigenvalue weighted by Gasteiger charge is 2.31. The number of likely N-dealkylation sites (tertiary alicyclic amines) is 1. The van der Waals surface area contributed by atoms with E-state index in [2.05, 4.69) is 17.3 Å². The van der Waals surface area contributed by atoms with Gasteiger partial charge in [-0.25, -0.2) is 4.68 Å². The molecule has 2 amide bonds. The minimum atomic E-state index is -0.131. The Bertz CT molecular complexity index is 591. The van der Waals surface area contributed by atoms with E-state index >= 15 is 0 Å². The Hall–Kier alpha value is -1.85. The second-order valence-electron chi connectivity index (χ2n) is 6.87. The molecule has 2 fully saturated rings. The highest BCUT2D eigenvalue weighted by atomic mass is 16.2. The van der Waals surface area contributed by atoms with E-state index in [0.717, 1.165) is 30.6 Å². The molecule has 1 aromatic rings. The predicted molar refractivity (Wildman–Crippen MR) is 88.1 cm³/mol. The van der Waals surface area contributed by atoms with Crippen molar-refractivity contribution >= 4 is 17.6 Å². The lowest BCUT2D eigenvalue weighted by atomic mass is 10.2. The average Bonchev–Trinajstić information content (AvgIpc) is 3.32. The fraction of sp³-hybridized carbons (Fsp3) is 0.706. The molecule has 0 unspecified atom stereocenters. The first-order valence-corrected chi connectivity index (χ1v) is 8.68. The molecule has 1 atom stereocenters. The Labute approximate surface area is 137 Å². The number of nitrogens with zero attached hydrogens (tertiary/aromatic N) is 3. The van der Waals surface area contributed by atoms with Gasteiger partial charge in [-0.15, -0.1) is 0 Å².